The minimum absolute atomic E-state index is 0.135. The van der Waals surface area contributed by atoms with Crippen molar-refractivity contribution < 1.29 is 4.79 Å². The van der Waals surface area contributed by atoms with Gasteiger partial charge < -0.3 is 4.90 Å². The standard InChI is InChI=1S/C19H17N5O/c1-15-3-7-17(8-4-15)23(13-2-11-20)19(25)16-5-9-18(10-6-16)24-14-12-21-22-24/h3-10,12,14H,2,13H2,1H3. The van der Waals surface area contributed by atoms with E-state index in [1.807, 2.05) is 43.3 Å². The average molecular weight is 331 g/mol. The summed E-state index contributed by atoms with van der Waals surface area (Å²) in [6.07, 6.45) is 3.61. The van der Waals surface area contributed by atoms with Crippen molar-refractivity contribution in [3.05, 3.63) is 72.1 Å². The van der Waals surface area contributed by atoms with Crippen LogP contribution in [0.3, 0.4) is 0 Å². The second-order valence-corrected chi connectivity index (χ2v) is 5.59. The van der Waals surface area contributed by atoms with E-state index >= 15 is 0 Å². The number of aryl methyl sites for hydroxylation is 1. The number of anilines is 1. The van der Waals surface area contributed by atoms with Crippen LogP contribution in [0, 0.1) is 18.3 Å². The Morgan fingerprint density at radius 2 is 1.88 bits per heavy atom. The minimum Gasteiger partial charge on any atom is -0.307 e. The Kier molecular flexibility index (Phi) is 4.86. The number of carbonyl (C=O) groups excluding carboxylic acids is 1. The number of amides is 1. The summed E-state index contributed by atoms with van der Waals surface area (Å²) >= 11 is 0. The van der Waals surface area contributed by atoms with Gasteiger partial charge in [-0.3, -0.25) is 4.79 Å². The van der Waals surface area contributed by atoms with Gasteiger partial charge in [0, 0.05) is 17.8 Å². The first-order valence-electron chi connectivity index (χ1n) is 7.91. The summed E-state index contributed by atoms with van der Waals surface area (Å²) in [6, 6.07) is 17.0. The highest BCUT2D eigenvalue weighted by atomic mass is 16.2. The van der Waals surface area contributed by atoms with E-state index in [2.05, 4.69) is 16.4 Å². The van der Waals surface area contributed by atoms with Gasteiger partial charge in [-0.1, -0.05) is 22.9 Å². The van der Waals surface area contributed by atoms with Crippen molar-refractivity contribution in [3.63, 3.8) is 0 Å². The predicted molar refractivity (Wildman–Crippen MR) is 94.4 cm³/mol. The van der Waals surface area contributed by atoms with Crippen LogP contribution in [0.5, 0.6) is 0 Å². The summed E-state index contributed by atoms with van der Waals surface area (Å²) in [4.78, 5) is 14.5. The van der Waals surface area contributed by atoms with Gasteiger partial charge in [-0.25, -0.2) is 4.68 Å². The normalized spacial score (nSPS) is 10.2. The van der Waals surface area contributed by atoms with E-state index in [0.29, 0.717) is 12.1 Å². The van der Waals surface area contributed by atoms with Crippen molar-refractivity contribution in [2.45, 2.75) is 13.3 Å². The molecule has 0 fully saturated rings. The summed E-state index contributed by atoms with van der Waals surface area (Å²) in [7, 11) is 0. The molecule has 0 aliphatic rings. The number of nitriles is 1. The first-order valence-corrected chi connectivity index (χ1v) is 7.91. The van der Waals surface area contributed by atoms with Gasteiger partial charge >= 0.3 is 0 Å². The van der Waals surface area contributed by atoms with E-state index in [-0.39, 0.29) is 12.3 Å². The molecule has 0 saturated carbocycles. The monoisotopic (exact) mass is 331 g/mol. The van der Waals surface area contributed by atoms with Crippen LogP contribution in [0.25, 0.3) is 5.69 Å². The molecule has 0 N–H and O–H groups in total. The third-order valence-corrected chi connectivity index (χ3v) is 3.84. The Morgan fingerprint density at radius 1 is 1.16 bits per heavy atom. The third-order valence-electron chi connectivity index (χ3n) is 3.84. The van der Waals surface area contributed by atoms with Crippen molar-refractivity contribution >= 4 is 11.6 Å². The number of aromatic nitrogens is 3. The van der Waals surface area contributed by atoms with Crippen LogP contribution < -0.4 is 4.90 Å². The quantitative estimate of drug-likeness (QED) is 0.720. The number of nitrogens with zero attached hydrogens (tertiary/aromatic N) is 5. The zero-order chi connectivity index (χ0) is 17.6. The molecule has 0 aliphatic heterocycles. The Labute approximate surface area is 145 Å². The molecule has 1 heterocycles. The molecule has 0 unspecified atom stereocenters. The van der Waals surface area contributed by atoms with Gasteiger partial charge in [0.1, 0.15) is 0 Å². The van der Waals surface area contributed by atoms with Crippen LogP contribution in [-0.2, 0) is 0 Å². The molecule has 0 spiro atoms. The van der Waals surface area contributed by atoms with Crippen molar-refractivity contribution in [2.75, 3.05) is 11.4 Å². The lowest BCUT2D eigenvalue weighted by Gasteiger charge is -2.22. The van der Waals surface area contributed by atoms with Crippen LogP contribution in [0.1, 0.15) is 22.3 Å². The third kappa shape index (κ3) is 3.72. The first kappa shape index (κ1) is 16.4. The highest BCUT2D eigenvalue weighted by molar-refractivity contribution is 6.06. The number of carbonyl (C=O) groups is 1. The molecule has 25 heavy (non-hydrogen) atoms. The molecule has 0 aliphatic carbocycles. The molecule has 6 nitrogen and oxygen atoms in total. The average Bonchev–Trinajstić information content (AvgIpc) is 3.18. The van der Waals surface area contributed by atoms with Crippen molar-refractivity contribution in [1.29, 1.82) is 5.26 Å². The van der Waals surface area contributed by atoms with E-state index in [4.69, 9.17) is 5.26 Å². The van der Waals surface area contributed by atoms with E-state index in [0.717, 1.165) is 16.9 Å². The fourth-order valence-electron chi connectivity index (χ4n) is 2.49. The second-order valence-electron chi connectivity index (χ2n) is 5.59. The molecule has 3 aromatic rings. The summed E-state index contributed by atoms with van der Waals surface area (Å²) in [5, 5.41) is 16.6. The summed E-state index contributed by atoms with van der Waals surface area (Å²) in [6.45, 7) is 2.34. The topological polar surface area (TPSA) is 74.8 Å². The Balaban J connectivity index is 1.86. The lowest BCUT2D eigenvalue weighted by Crippen LogP contribution is -2.31. The molecular formula is C19H17N5O. The summed E-state index contributed by atoms with van der Waals surface area (Å²) in [5.41, 5.74) is 3.29. The van der Waals surface area contributed by atoms with Gasteiger partial charge in [-0.05, 0) is 43.3 Å². The maximum atomic E-state index is 12.9. The SMILES string of the molecule is Cc1ccc(N(CCC#N)C(=O)c2ccc(-n3ccnn3)cc2)cc1. The molecule has 0 radical (unpaired) electrons. The number of benzene rings is 2. The van der Waals surface area contributed by atoms with E-state index < -0.39 is 0 Å². The van der Waals surface area contributed by atoms with Gasteiger partial charge in [-0.15, -0.1) is 5.10 Å². The predicted octanol–water partition coefficient (Wildman–Crippen LogP) is 3.14. The fraction of sp³-hybridized carbons (Fsp3) is 0.158. The first-order chi connectivity index (χ1) is 12.2. The molecule has 124 valence electrons. The fourth-order valence-corrected chi connectivity index (χ4v) is 2.49. The lowest BCUT2D eigenvalue weighted by molar-refractivity contribution is 0.0987. The number of hydrogen-bond donors (Lipinski definition) is 0. The van der Waals surface area contributed by atoms with E-state index in [1.165, 1.54) is 0 Å². The van der Waals surface area contributed by atoms with Gasteiger partial charge in [0.05, 0.1) is 30.6 Å². The molecule has 0 atom stereocenters. The molecule has 0 bridgehead atoms. The van der Waals surface area contributed by atoms with Gasteiger partial charge in [0.25, 0.3) is 5.91 Å². The zero-order valence-corrected chi connectivity index (χ0v) is 13.8. The lowest BCUT2D eigenvalue weighted by atomic mass is 10.1. The van der Waals surface area contributed by atoms with Crippen molar-refractivity contribution in [3.8, 4) is 11.8 Å². The van der Waals surface area contributed by atoms with Gasteiger partial charge in [0.15, 0.2) is 0 Å². The van der Waals surface area contributed by atoms with E-state index in [1.54, 1.807) is 34.1 Å². The maximum absolute atomic E-state index is 12.9. The van der Waals surface area contributed by atoms with Crippen LogP contribution in [-0.4, -0.2) is 27.4 Å². The maximum Gasteiger partial charge on any atom is 0.258 e. The molecule has 2 aromatic carbocycles. The number of rotatable bonds is 5. The molecule has 1 amide bonds. The molecular weight excluding hydrogens is 314 g/mol. The Bertz CT molecular complexity index is 877. The highest BCUT2D eigenvalue weighted by Gasteiger charge is 2.17. The van der Waals surface area contributed by atoms with Crippen molar-refractivity contribution in [2.24, 2.45) is 0 Å². The Morgan fingerprint density at radius 3 is 2.48 bits per heavy atom. The van der Waals surface area contributed by atoms with Crippen LogP contribution >= 0.6 is 0 Å². The largest absolute Gasteiger partial charge is 0.307 e. The minimum atomic E-state index is -0.135. The summed E-state index contributed by atoms with van der Waals surface area (Å²) in [5.74, 6) is -0.135. The van der Waals surface area contributed by atoms with Gasteiger partial charge in [0.2, 0.25) is 0 Å². The van der Waals surface area contributed by atoms with E-state index in [9.17, 15) is 4.79 Å². The Hall–Kier alpha value is -3.46. The second kappa shape index (κ2) is 7.41. The van der Waals surface area contributed by atoms with Crippen molar-refractivity contribution in [1.82, 2.24) is 15.0 Å². The summed E-state index contributed by atoms with van der Waals surface area (Å²) < 4.78 is 1.63. The highest BCUT2D eigenvalue weighted by Crippen LogP contribution is 2.19. The van der Waals surface area contributed by atoms with Crippen LogP contribution in [0.4, 0.5) is 5.69 Å². The zero-order valence-electron chi connectivity index (χ0n) is 13.8. The van der Waals surface area contributed by atoms with Crippen LogP contribution in [0.15, 0.2) is 60.9 Å². The smallest absolute Gasteiger partial charge is 0.258 e. The molecule has 1 aromatic heterocycles. The van der Waals surface area contributed by atoms with Crippen LogP contribution in [0.2, 0.25) is 0 Å². The van der Waals surface area contributed by atoms with Gasteiger partial charge in [-0.2, -0.15) is 5.26 Å². The molecule has 3 rings (SSSR count). The number of hydrogen-bond acceptors (Lipinski definition) is 4. The molecule has 0 saturated heterocycles. The molecule has 6 heteroatoms.